The molecular formula is C46H58N6O9. The number of carbonyl (C=O) groups is 4. The van der Waals surface area contributed by atoms with Crippen LogP contribution in [-0.2, 0) is 59.4 Å². The molecule has 0 spiro atoms. The van der Waals surface area contributed by atoms with Gasteiger partial charge in [-0.2, -0.15) is 0 Å². The predicted molar refractivity (Wildman–Crippen MR) is 228 cm³/mol. The molecule has 0 unspecified atom stereocenters. The van der Waals surface area contributed by atoms with Crippen LogP contribution in [0, 0.1) is 11.3 Å². The molecule has 3 aliphatic heterocycles. The molecule has 2 aromatic carbocycles. The maximum atomic E-state index is 14.6. The van der Waals surface area contributed by atoms with E-state index in [1.54, 1.807) is 39.3 Å². The van der Waals surface area contributed by atoms with Gasteiger partial charge in [-0.3, -0.25) is 29.2 Å². The van der Waals surface area contributed by atoms with E-state index < -0.39 is 58.8 Å². The maximum absolute atomic E-state index is 14.6. The number of aromatic hydroxyl groups is 1. The van der Waals surface area contributed by atoms with Gasteiger partial charge in [0.05, 0.1) is 32.1 Å². The number of aliphatic hydroxyl groups is 1. The van der Waals surface area contributed by atoms with Gasteiger partial charge in [0.2, 0.25) is 5.91 Å². The summed E-state index contributed by atoms with van der Waals surface area (Å²) in [4.78, 5) is 61.7. The fourth-order valence-corrected chi connectivity index (χ4v) is 8.99. The number of phenolic OH excluding ortho intramolecular Hbond substituents is 1. The minimum atomic E-state index is -1.73. The van der Waals surface area contributed by atoms with Crippen LogP contribution in [0.15, 0.2) is 54.9 Å². The highest BCUT2D eigenvalue weighted by atomic mass is 16.5. The van der Waals surface area contributed by atoms with E-state index in [1.165, 1.54) is 17.0 Å². The van der Waals surface area contributed by atoms with Gasteiger partial charge in [0.1, 0.15) is 23.9 Å². The number of carbonyl (C=O) groups excluding carboxylic acids is 4. The van der Waals surface area contributed by atoms with Gasteiger partial charge in [0, 0.05) is 67.9 Å². The Bertz CT molecular complexity index is 2320. The van der Waals surface area contributed by atoms with E-state index in [0.29, 0.717) is 43.5 Å². The average Bonchev–Trinajstić information content (AvgIpc) is 3.52. The molecule has 0 saturated carbocycles. The number of rotatable bonds is 9. The standard InChI is InChI=1S/C46H58N6O9/c1-8-51-38-12-11-29-20-33(38)34(40(51)35-22-47-14-13-30(35)23-59-7)21-45(4,5)24-61-43(56)36-10-9-15-52(49-36)42(55)37(18-28-16-31(29)19-32(53)17-28)48-41(54)39(27(2)3)50(6)44(57)46(58)25-60-26-46/h11-14,16-17,19-20,22,27,36-37,39,49,53,58H,8-10,15,18,21,23-26H2,1-7H3,(H,48,54)/t36-,37-,39-/m0/s1. The molecule has 5 heterocycles. The number of nitrogens with one attached hydrogen (secondary N) is 2. The minimum absolute atomic E-state index is 0.0208. The zero-order valence-corrected chi connectivity index (χ0v) is 36.1. The first-order valence-electron chi connectivity index (χ1n) is 21.1. The molecule has 3 atom stereocenters. The number of esters is 1. The number of hydrazine groups is 1. The smallest absolute Gasteiger partial charge is 0.324 e. The van der Waals surface area contributed by atoms with Crippen LogP contribution in [0.1, 0.15) is 64.2 Å². The van der Waals surface area contributed by atoms with Crippen molar-refractivity contribution in [2.45, 2.75) is 97.2 Å². The lowest BCUT2D eigenvalue weighted by atomic mass is 9.84. The van der Waals surface area contributed by atoms with E-state index >= 15 is 0 Å². The number of likely N-dealkylation sites (N-methyl/N-ethyl adjacent to an activating group) is 1. The molecule has 6 bridgehead atoms. The minimum Gasteiger partial charge on any atom is -0.508 e. The second kappa shape index (κ2) is 17.6. The third kappa shape index (κ3) is 8.87. The molecule has 4 N–H and O–H groups in total. The molecule has 3 aliphatic rings. The molecule has 7 rings (SSSR count). The summed E-state index contributed by atoms with van der Waals surface area (Å²) in [7, 11) is 3.12. The SMILES string of the molecule is CCn1c(-c2cnccc2COC)c2c3cc(ccc31)-c1cc(O)cc(c1)C[C@H](NC(=O)[C@H](C(C)C)N(C)C(=O)C1(O)COC1)C(=O)N1CCC[C@H](N1)C(=O)OCC(C)(C)C2. The third-order valence-corrected chi connectivity index (χ3v) is 12.0. The predicted octanol–water partition coefficient (Wildman–Crippen LogP) is 4.13. The largest absolute Gasteiger partial charge is 0.508 e. The number of amides is 3. The number of pyridine rings is 1. The van der Waals surface area contributed by atoms with Crippen molar-refractivity contribution in [3.8, 4) is 28.1 Å². The monoisotopic (exact) mass is 838 g/mol. The Morgan fingerprint density at radius 1 is 1.10 bits per heavy atom. The average molecular weight is 839 g/mol. The van der Waals surface area contributed by atoms with Gasteiger partial charge < -0.3 is 39.2 Å². The number of hydrogen-bond acceptors (Lipinski definition) is 11. The highest BCUT2D eigenvalue weighted by Crippen LogP contribution is 2.41. The van der Waals surface area contributed by atoms with Gasteiger partial charge in [-0.1, -0.05) is 39.8 Å². The van der Waals surface area contributed by atoms with Crippen LogP contribution in [-0.4, -0.2) is 118 Å². The number of hydrogen-bond donors (Lipinski definition) is 4. The van der Waals surface area contributed by atoms with Crippen LogP contribution < -0.4 is 10.7 Å². The first-order valence-corrected chi connectivity index (χ1v) is 21.1. The lowest BCUT2D eigenvalue weighted by molar-refractivity contribution is -0.201. The second-order valence-electron chi connectivity index (χ2n) is 17.8. The molecular weight excluding hydrogens is 781 g/mol. The fraction of sp³-hybridized carbons (Fsp3) is 0.500. The van der Waals surface area contributed by atoms with E-state index in [9.17, 15) is 29.4 Å². The van der Waals surface area contributed by atoms with Crippen LogP contribution in [0.4, 0.5) is 0 Å². The summed E-state index contributed by atoms with van der Waals surface area (Å²) in [6.45, 7) is 10.9. The topological polar surface area (TPSA) is 185 Å². The molecule has 15 heteroatoms. The third-order valence-electron chi connectivity index (χ3n) is 12.0. The quantitative estimate of drug-likeness (QED) is 0.178. The maximum Gasteiger partial charge on any atom is 0.324 e. The molecule has 4 aromatic rings. The molecule has 2 aromatic heterocycles. The number of phenols is 1. The van der Waals surface area contributed by atoms with Crippen LogP contribution in [0.25, 0.3) is 33.3 Å². The molecule has 2 fully saturated rings. The van der Waals surface area contributed by atoms with Crippen molar-refractivity contribution in [1.82, 2.24) is 30.2 Å². The number of cyclic esters (lactones) is 1. The Balaban J connectivity index is 1.34. The highest BCUT2D eigenvalue weighted by molar-refractivity contribution is 5.96. The van der Waals surface area contributed by atoms with Gasteiger partial charge in [-0.15, -0.1) is 0 Å². The summed E-state index contributed by atoms with van der Waals surface area (Å²) in [6, 6.07) is 10.3. The Morgan fingerprint density at radius 2 is 1.87 bits per heavy atom. The van der Waals surface area contributed by atoms with Crippen molar-refractivity contribution >= 4 is 34.6 Å². The van der Waals surface area contributed by atoms with Gasteiger partial charge in [-0.25, -0.2) is 5.43 Å². The first kappa shape index (κ1) is 43.7. The van der Waals surface area contributed by atoms with E-state index in [4.69, 9.17) is 14.2 Å². The van der Waals surface area contributed by atoms with Crippen molar-refractivity contribution in [3.63, 3.8) is 0 Å². The number of nitrogens with zero attached hydrogens (tertiary/aromatic N) is 4. The van der Waals surface area contributed by atoms with Gasteiger partial charge in [0.25, 0.3) is 11.8 Å². The number of ether oxygens (including phenoxy) is 3. The van der Waals surface area contributed by atoms with E-state index in [0.717, 1.165) is 38.9 Å². The molecule has 15 nitrogen and oxygen atoms in total. The molecule has 0 radical (unpaired) electrons. The normalized spacial score (nSPS) is 20.7. The van der Waals surface area contributed by atoms with E-state index in [2.05, 4.69) is 53.2 Å². The summed E-state index contributed by atoms with van der Waals surface area (Å²) in [6.07, 6.45) is 5.08. The lowest BCUT2D eigenvalue weighted by Gasteiger charge is -2.41. The summed E-state index contributed by atoms with van der Waals surface area (Å²) in [5, 5.41) is 27.3. The van der Waals surface area contributed by atoms with Gasteiger partial charge in [0.15, 0.2) is 5.60 Å². The Hall–Kier alpha value is -5.35. The van der Waals surface area contributed by atoms with E-state index in [-0.39, 0.29) is 38.5 Å². The van der Waals surface area contributed by atoms with Crippen molar-refractivity contribution in [2.24, 2.45) is 11.3 Å². The highest BCUT2D eigenvalue weighted by Gasteiger charge is 2.48. The number of methoxy groups -OCH3 is 1. The second-order valence-corrected chi connectivity index (χ2v) is 17.8. The van der Waals surface area contributed by atoms with Gasteiger partial charge >= 0.3 is 5.97 Å². The molecule has 3 amide bonds. The van der Waals surface area contributed by atoms with Crippen molar-refractivity contribution < 1.29 is 43.6 Å². The summed E-state index contributed by atoms with van der Waals surface area (Å²) in [5.74, 6) is -2.65. The summed E-state index contributed by atoms with van der Waals surface area (Å²) >= 11 is 0. The molecule has 0 aliphatic carbocycles. The summed E-state index contributed by atoms with van der Waals surface area (Å²) in [5.41, 5.74) is 7.92. The van der Waals surface area contributed by atoms with Crippen LogP contribution in [0.5, 0.6) is 5.75 Å². The summed E-state index contributed by atoms with van der Waals surface area (Å²) < 4.78 is 19.1. The van der Waals surface area contributed by atoms with Crippen LogP contribution >= 0.6 is 0 Å². The van der Waals surface area contributed by atoms with Crippen LogP contribution in [0.3, 0.4) is 0 Å². The molecule has 61 heavy (non-hydrogen) atoms. The number of fused-ring (bicyclic) bond motifs is 6. The van der Waals surface area contributed by atoms with Crippen molar-refractivity contribution in [3.05, 3.63) is 71.5 Å². The van der Waals surface area contributed by atoms with Crippen LogP contribution in [0.2, 0.25) is 0 Å². The zero-order valence-electron chi connectivity index (χ0n) is 36.1. The number of benzene rings is 2. The molecule has 326 valence electrons. The zero-order chi connectivity index (χ0) is 43.8. The van der Waals surface area contributed by atoms with E-state index in [1.807, 2.05) is 24.4 Å². The number of aromatic nitrogens is 2. The fourth-order valence-electron chi connectivity index (χ4n) is 8.99. The van der Waals surface area contributed by atoms with Crippen molar-refractivity contribution in [2.75, 3.05) is 40.5 Å². The lowest BCUT2D eigenvalue weighted by Crippen LogP contribution is -2.65. The molecule has 2 saturated heterocycles. The number of aryl methyl sites for hydroxylation is 1. The Kier molecular flexibility index (Phi) is 12.6. The Morgan fingerprint density at radius 3 is 2.56 bits per heavy atom. The first-order chi connectivity index (χ1) is 29.0. The van der Waals surface area contributed by atoms with Crippen molar-refractivity contribution in [1.29, 1.82) is 0 Å². The Labute approximate surface area is 356 Å². The van der Waals surface area contributed by atoms with Gasteiger partial charge in [-0.05, 0) is 90.3 Å².